The lowest BCUT2D eigenvalue weighted by Crippen LogP contribution is -2.51. The lowest BCUT2D eigenvalue weighted by Gasteiger charge is -2.39. The summed E-state index contributed by atoms with van der Waals surface area (Å²) in [5, 5.41) is 0. The molecule has 0 spiro atoms. The van der Waals surface area contributed by atoms with Crippen LogP contribution in [0.3, 0.4) is 0 Å². The highest BCUT2D eigenvalue weighted by Gasteiger charge is 2.39. The number of likely N-dealkylation sites (N-methyl/N-ethyl adjacent to an activating group) is 1. The number of amides is 3. The van der Waals surface area contributed by atoms with Crippen LogP contribution in [0.4, 0.5) is 10.1 Å². The average Bonchev–Trinajstić information content (AvgIpc) is 3.17. The molecule has 0 atom stereocenters. The first-order chi connectivity index (χ1) is 17.5. The number of piperazine rings is 1. The Morgan fingerprint density at radius 3 is 2.33 bits per heavy atom. The Morgan fingerprint density at radius 2 is 1.64 bits per heavy atom. The van der Waals surface area contributed by atoms with E-state index in [2.05, 4.69) is 16.7 Å². The molecule has 2 saturated heterocycles. The molecule has 3 aliphatic rings. The Bertz CT molecular complexity index is 1150. The smallest absolute Gasteiger partial charge is 0.263 e. The van der Waals surface area contributed by atoms with Gasteiger partial charge in [0.2, 0.25) is 5.91 Å². The lowest BCUT2D eigenvalue weighted by atomic mass is 9.93. The van der Waals surface area contributed by atoms with E-state index in [0.717, 1.165) is 51.3 Å². The number of carbonyl (C=O) groups is 3. The van der Waals surface area contributed by atoms with Gasteiger partial charge in [0.25, 0.3) is 11.8 Å². The molecule has 3 amide bonds. The molecular weight excluding hydrogens is 459 g/mol. The minimum Gasteiger partial charge on any atom is -0.371 e. The summed E-state index contributed by atoms with van der Waals surface area (Å²) < 4.78 is 14.0. The fourth-order valence-electron chi connectivity index (χ4n) is 5.63. The predicted octanol–water partition coefficient (Wildman–Crippen LogP) is 3.04. The van der Waals surface area contributed by atoms with Gasteiger partial charge in [0.05, 0.1) is 16.8 Å². The molecule has 0 bridgehead atoms. The minimum atomic E-state index is -0.334. The fourth-order valence-corrected chi connectivity index (χ4v) is 5.63. The normalized spacial score (nSPS) is 19.2. The Kier molecular flexibility index (Phi) is 7.05. The van der Waals surface area contributed by atoms with Crippen molar-refractivity contribution < 1.29 is 18.8 Å². The highest BCUT2D eigenvalue weighted by molar-refractivity contribution is 6.23. The summed E-state index contributed by atoms with van der Waals surface area (Å²) in [6.07, 6.45) is 1.73. The number of rotatable bonds is 6. The van der Waals surface area contributed by atoms with E-state index in [9.17, 15) is 18.8 Å². The molecule has 8 heteroatoms. The molecule has 0 saturated carbocycles. The van der Waals surface area contributed by atoms with Gasteiger partial charge in [-0.25, -0.2) is 4.39 Å². The third-order valence-electron chi connectivity index (χ3n) is 7.86. The maximum absolute atomic E-state index is 14.0. The monoisotopic (exact) mass is 492 g/mol. The van der Waals surface area contributed by atoms with Crippen molar-refractivity contribution in [2.75, 3.05) is 57.3 Å². The van der Waals surface area contributed by atoms with Crippen LogP contribution in [0.5, 0.6) is 0 Å². The molecule has 0 radical (unpaired) electrons. The standard InChI is InChI=1S/C28H33FN4O3/c1-2-30-16-18-32(19-17-30)26(34)21-10-13-31(14-11-21)24-9-5-7-22-25(24)28(36)33(27(22)35)15-12-20-6-3-4-8-23(20)29/h3-9,21H,2,10-19H2,1H3. The third kappa shape index (κ3) is 4.62. The zero-order valence-electron chi connectivity index (χ0n) is 20.8. The second kappa shape index (κ2) is 10.4. The number of benzene rings is 2. The van der Waals surface area contributed by atoms with Gasteiger partial charge in [0.1, 0.15) is 5.82 Å². The first-order valence-electron chi connectivity index (χ1n) is 13.0. The van der Waals surface area contributed by atoms with Crippen LogP contribution in [-0.2, 0) is 11.2 Å². The van der Waals surface area contributed by atoms with Crippen molar-refractivity contribution in [2.24, 2.45) is 5.92 Å². The van der Waals surface area contributed by atoms with E-state index in [1.54, 1.807) is 24.3 Å². The van der Waals surface area contributed by atoms with Crippen molar-refractivity contribution >= 4 is 23.4 Å². The predicted molar refractivity (Wildman–Crippen MR) is 136 cm³/mol. The molecule has 0 N–H and O–H groups in total. The molecule has 3 heterocycles. The SMILES string of the molecule is CCN1CCN(C(=O)C2CCN(c3cccc4c3C(=O)N(CCc3ccccc3F)C4=O)CC2)CC1. The zero-order chi connectivity index (χ0) is 25.2. The molecule has 0 aromatic heterocycles. The number of fused-ring (bicyclic) bond motifs is 1. The lowest BCUT2D eigenvalue weighted by molar-refractivity contribution is -0.137. The van der Waals surface area contributed by atoms with E-state index in [1.165, 1.54) is 11.0 Å². The van der Waals surface area contributed by atoms with Gasteiger partial charge in [-0.3, -0.25) is 19.3 Å². The number of hydrogen-bond acceptors (Lipinski definition) is 5. The molecule has 0 unspecified atom stereocenters. The van der Waals surface area contributed by atoms with Crippen LogP contribution < -0.4 is 4.90 Å². The maximum Gasteiger partial charge on any atom is 0.263 e. The van der Waals surface area contributed by atoms with E-state index in [0.29, 0.717) is 29.8 Å². The molecule has 0 aliphatic carbocycles. The van der Waals surface area contributed by atoms with Crippen molar-refractivity contribution in [3.63, 3.8) is 0 Å². The van der Waals surface area contributed by atoms with E-state index in [4.69, 9.17) is 0 Å². The fraction of sp³-hybridized carbons (Fsp3) is 0.464. The van der Waals surface area contributed by atoms with Crippen LogP contribution in [0.15, 0.2) is 42.5 Å². The summed E-state index contributed by atoms with van der Waals surface area (Å²) in [5.41, 5.74) is 2.06. The van der Waals surface area contributed by atoms with Crippen molar-refractivity contribution in [1.82, 2.24) is 14.7 Å². The second-order valence-corrected chi connectivity index (χ2v) is 9.82. The first kappa shape index (κ1) is 24.4. The maximum atomic E-state index is 14.0. The van der Waals surface area contributed by atoms with Crippen LogP contribution in [-0.4, -0.2) is 84.8 Å². The molecule has 7 nitrogen and oxygen atoms in total. The second-order valence-electron chi connectivity index (χ2n) is 9.82. The van der Waals surface area contributed by atoms with Crippen LogP contribution in [0.1, 0.15) is 46.0 Å². The van der Waals surface area contributed by atoms with E-state index in [-0.39, 0.29) is 42.4 Å². The van der Waals surface area contributed by atoms with Gasteiger partial charge in [-0.05, 0) is 49.6 Å². The highest BCUT2D eigenvalue weighted by atomic mass is 19.1. The zero-order valence-corrected chi connectivity index (χ0v) is 20.8. The first-order valence-corrected chi connectivity index (χ1v) is 13.0. The molecule has 36 heavy (non-hydrogen) atoms. The number of anilines is 1. The topological polar surface area (TPSA) is 64.2 Å². The summed E-state index contributed by atoms with van der Waals surface area (Å²) in [6.45, 7) is 8.07. The number of hydrogen-bond donors (Lipinski definition) is 0. The van der Waals surface area contributed by atoms with Gasteiger partial charge < -0.3 is 14.7 Å². The summed E-state index contributed by atoms with van der Waals surface area (Å²) in [5.74, 6) is -0.743. The number of piperidine rings is 1. The van der Waals surface area contributed by atoms with Gasteiger partial charge in [-0.1, -0.05) is 31.2 Å². The molecule has 2 fully saturated rings. The van der Waals surface area contributed by atoms with Crippen molar-refractivity contribution in [1.29, 1.82) is 0 Å². The highest BCUT2D eigenvalue weighted by Crippen LogP contribution is 2.34. The third-order valence-corrected chi connectivity index (χ3v) is 7.86. The van der Waals surface area contributed by atoms with Crippen LogP contribution in [0.2, 0.25) is 0 Å². The Hall–Kier alpha value is -3.26. The average molecular weight is 493 g/mol. The quantitative estimate of drug-likeness (QED) is 0.580. The molecule has 5 rings (SSSR count). The van der Waals surface area contributed by atoms with Crippen LogP contribution >= 0.6 is 0 Å². The summed E-state index contributed by atoms with van der Waals surface area (Å²) in [6, 6.07) is 11.8. The molecule has 3 aliphatic heterocycles. The van der Waals surface area contributed by atoms with Crippen molar-refractivity contribution in [2.45, 2.75) is 26.2 Å². The van der Waals surface area contributed by atoms with Crippen molar-refractivity contribution in [3.05, 3.63) is 65.0 Å². The van der Waals surface area contributed by atoms with Gasteiger partial charge in [0, 0.05) is 51.7 Å². The number of imide groups is 1. The number of nitrogens with zero attached hydrogens (tertiary/aromatic N) is 4. The molecule has 190 valence electrons. The Balaban J connectivity index is 1.24. The summed E-state index contributed by atoms with van der Waals surface area (Å²) >= 11 is 0. The Morgan fingerprint density at radius 1 is 0.917 bits per heavy atom. The van der Waals surface area contributed by atoms with E-state index >= 15 is 0 Å². The van der Waals surface area contributed by atoms with Crippen LogP contribution in [0.25, 0.3) is 0 Å². The van der Waals surface area contributed by atoms with Crippen LogP contribution in [0, 0.1) is 11.7 Å². The minimum absolute atomic E-state index is 0.000730. The van der Waals surface area contributed by atoms with Crippen molar-refractivity contribution in [3.8, 4) is 0 Å². The Labute approximate surface area is 211 Å². The number of halogens is 1. The number of carbonyl (C=O) groups excluding carboxylic acids is 3. The van der Waals surface area contributed by atoms with Gasteiger partial charge in [-0.2, -0.15) is 0 Å². The van der Waals surface area contributed by atoms with Gasteiger partial charge in [0.15, 0.2) is 0 Å². The van der Waals surface area contributed by atoms with E-state index in [1.807, 2.05) is 17.0 Å². The molecular formula is C28H33FN4O3. The van der Waals surface area contributed by atoms with Gasteiger partial charge in [-0.15, -0.1) is 0 Å². The van der Waals surface area contributed by atoms with E-state index < -0.39 is 0 Å². The largest absolute Gasteiger partial charge is 0.371 e. The molecule has 2 aromatic carbocycles. The summed E-state index contributed by atoms with van der Waals surface area (Å²) in [4.78, 5) is 47.2. The summed E-state index contributed by atoms with van der Waals surface area (Å²) in [7, 11) is 0. The van der Waals surface area contributed by atoms with Gasteiger partial charge >= 0.3 is 0 Å². The molecule has 2 aromatic rings.